The van der Waals surface area contributed by atoms with Gasteiger partial charge in [-0.1, -0.05) is 42.1 Å². The number of hydrogen-bond acceptors (Lipinski definition) is 7. The molecule has 3 aromatic rings. The number of nitrogens with two attached hydrogens (primary N) is 1. The maximum absolute atomic E-state index is 8.84. The molecule has 0 saturated heterocycles. The Morgan fingerprint density at radius 3 is 2.70 bits per heavy atom. The van der Waals surface area contributed by atoms with Crippen molar-refractivity contribution in [2.45, 2.75) is 17.3 Å². The third kappa shape index (κ3) is 3.33. The van der Waals surface area contributed by atoms with Crippen molar-refractivity contribution in [2.24, 2.45) is 0 Å². The number of hydrogen-bond donors (Lipinski definition) is 1. The van der Waals surface area contributed by atoms with Crippen LogP contribution in [0.1, 0.15) is 23.6 Å². The van der Waals surface area contributed by atoms with Crippen molar-refractivity contribution in [3.8, 4) is 17.4 Å². The van der Waals surface area contributed by atoms with E-state index < -0.39 is 0 Å². The Hall–Kier alpha value is -2.85. The minimum absolute atomic E-state index is 0.0835. The van der Waals surface area contributed by atoms with E-state index in [-0.39, 0.29) is 16.6 Å². The number of nitrogens with zero attached hydrogens (tertiary/aromatic N) is 4. The molecule has 0 bridgehead atoms. The molecule has 0 unspecified atom stereocenters. The zero-order chi connectivity index (χ0) is 16.2. The molecule has 0 spiro atoms. The van der Waals surface area contributed by atoms with Gasteiger partial charge in [-0.2, -0.15) is 5.26 Å². The lowest BCUT2D eigenvalue weighted by molar-refractivity contribution is 0.510. The highest BCUT2D eigenvalue weighted by molar-refractivity contribution is 7.99. The molecule has 2 N–H and O–H groups in total. The van der Waals surface area contributed by atoms with E-state index in [4.69, 9.17) is 15.4 Å². The van der Waals surface area contributed by atoms with Crippen molar-refractivity contribution >= 4 is 17.6 Å². The Balaban J connectivity index is 1.77. The number of nitriles is 1. The van der Waals surface area contributed by atoms with Crippen LogP contribution in [0.2, 0.25) is 0 Å². The van der Waals surface area contributed by atoms with Gasteiger partial charge in [0.15, 0.2) is 10.9 Å². The summed E-state index contributed by atoms with van der Waals surface area (Å²) in [6.07, 6.45) is 3.12. The van der Waals surface area contributed by atoms with Crippen LogP contribution in [-0.2, 0) is 0 Å². The SMILES string of the molecule is C[C@H](Sc1ncc(C#N)c(N)n1)c1ncc(-c2ccccc2)o1. The molecular weight excluding hydrogens is 310 g/mol. The fourth-order valence-corrected chi connectivity index (χ4v) is 2.73. The zero-order valence-corrected chi connectivity index (χ0v) is 13.1. The van der Waals surface area contributed by atoms with Crippen molar-refractivity contribution < 1.29 is 4.42 Å². The highest BCUT2D eigenvalue weighted by Gasteiger charge is 2.17. The van der Waals surface area contributed by atoms with Gasteiger partial charge in [-0.25, -0.2) is 15.0 Å². The molecule has 0 saturated carbocycles. The summed E-state index contributed by atoms with van der Waals surface area (Å²) in [7, 11) is 0. The average molecular weight is 323 g/mol. The van der Waals surface area contributed by atoms with Gasteiger partial charge < -0.3 is 10.2 Å². The van der Waals surface area contributed by atoms with Gasteiger partial charge in [-0.15, -0.1) is 0 Å². The third-order valence-corrected chi connectivity index (χ3v) is 4.09. The molecule has 0 amide bonds. The van der Waals surface area contributed by atoms with Gasteiger partial charge in [0.25, 0.3) is 0 Å². The maximum atomic E-state index is 8.84. The van der Waals surface area contributed by atoms with Crippen LogP contribution in [0.5, 0.6) is 0 Å². The topological polar surface area (TPSA) is 102 Å². The average Bonchev–Trinajstić information content (AvgIpc) is 3.06. The maximum Gasteiger partial charge on any atom is 0.208 e. The summed E-state index contributed by atoms with van der Waals surface area (Å²) in [5.74, 6) is 1.48. The first kappa shape index (κ1) is 15.1. The number of benzene rings is 1. The Morgan fingerprint density at radius 2 is 2.00 bits per heavy atom. The summed E-state index contributed by atoms with van der Waals surface area (Å²) in [6.45, 7) is 1.95. The molecule has 1 aromatic carbocycles. The van der Waals surface area contributed by atoms with Crippen molar-refractivity contribution in [3.05, 3.63) is 54.2 Å². The zero-order valence-electron chi connectivity index (χ0n) is 12.3. The van der Waals surface area contributed by atoms with Crippen molar-refractivity contribution in [1.29, 1.82) is 5.26 Å². The number of rotatable bonds is 4. The van der Waals surface area contributed by atoms with E-state index in [1.54, 1.807) is 6.20 Å². The van der Waals surface area contributed by atoms with Crippen LogP contribution in [0.25, 0.3) is 11.3 Å². The highest BCUT2D eigenvalue weighted by atomic mass is 32.2. The molecule has 3 rings (SSSR count). The number of anilines is 1. The molecule has 23 heavy (non-hydrogen) atoms. The normalized spacial score (nSPS) is 11.8. The number of thioether (sulfide) groups is 1. The lowest BCUT2D eigenvalue weighted by Gasteiger charge is -2.06. The second-order valence-electron chi connectivity index (χ2n) is 4.75. The Bertz CT molecular complexity index is 856. The lowest BCUT2D eigenvalue weighted by atomic mass is 10.2. The quantitative estimate of drug-likeness (QED) is 0.579. The monoisotopic (exact) mass is 323 g/mol. The second-order valence-corrected chi connectivity index (χ2v) is 6.06. The molecule has 2 heterocycles. The van der Waals surface area contributed by atoms with E-state index in [1.807, 2.05) is 43.3 Å². The summed E-state index contributed by atoms with van der Waals surface area (Å²) in [4.78, 5) is 12.6. The van der Waals surface area contributed by atoms with E-state index in [0.717, 1.165) is 5.56 Å². The fraction of sp³-hybridized carbons (Fsp3) is 0.125. The lowest BCUT2D eigenvalue weighted by Crippen LogP contribution is -1.99. The van der Waals surface area contributed by atoms with E-state index >= 15 is 0 Å². The van der Waals surface area contributed by atoms with E-state index in [9.17, 15) is 0 Å². The Labute approximate surface area is 137 Å². The highest BCUT2D eigenvalue weighted by Crippen LogP contribution is 2.34. The van der Waals surface area contributed by atoms with Gasteiger partial charge in [0.1, 0.15) is 17.5 Å². The van der Waals surface area contributed by atoms with Crippen LogP contribution < -0.4 is 5.73 Å². The first-order valence-electron chi connectivity index (χ1n) is 6.88. The summed E-state index contributed by atoms with van der Waals surface area (Å²) >= 11 is 1.37. The van der Waals surface area contributed by atoms with Gasteiger partial charge in [-0.3, -0.25) is 0 Å². The Morgan fingerprint density at radius 1 is 1.22 bits per heavy atom. The molecular formula is C16H13N5OS. The molecule has 2 aromatic heterocycles. The second kappa shape index (κ2) is 6.50. The largest absolute Gasteiger partial charge is 0.440 e. The van der Waals surface area contributed by atoms with Crippen molar-refractivity contribution in [3.63, 3.8) is 0 Å². The van der Waals surface area contributed by atoms with Crippen LogP contribution in [-0.4, -0.2) is 15.0 Å². The molecule has 0 fully saturated rings. The standard InChI is InChI=1S/C16H13N5OS/c1-10(23-16-20-8-12(7-17)14(18)21-16)15-19-9-13(22-15)11-5-3-2-4-6-11/h2-6,8-10H,1H3,(H2,18,20,21)/t10-/m0/s1. The molecule has 1 atom stereocenters. The van der Waals surface area contributed by atoms with Crippen molar-refractivity contribution in [2.75, 3.05) is 5.73 Å². The van der Waals surface area contributed by atoms with Crippen LogP contribution in [0.4, 0.5) is 5.82 Å². The van der Waals surface area contributed by atoms with Gasteiger partial charge in [0.2, 0.25) is 5.89 Å². The van der Waals surface area contributed by atoms with Crippen LogP contribution in [0.3, 0.4) is 0 Å². The number of oxazole rings is 1. The van der Waals surface area contributed by atoms with Crippen LogP contribution >= 0.6 is 11.8 Å². The molecule has 0 aliphatic heterocycles. The minimum atomic E-state index is -0.0835. The fourth-order valence-electron chi connectivity index (χ4n) is 1.94. The first-order chi connectivity index (χ1) is 11.2. The van der Waals surface area contributed by atoms with Gasteiger partial charge in [0, 0.05) is 5.56 Å². The molecule has 114 valence electrons. The molecule has 0 aliphatic carbocycles. The van der Waals surface area contributed by atoms with Crippen LogP contribution in [0.15, 0.2) is 52.3 Å². The third-order valence-electron chi connectivity index (χ3n) is 3.13. The molecule has 0 radical (unpaired) electrons. The molecule has 0 aliphatic rings. The van der Waals surface area contributed by atoms with Crippen molar-refractivity contribution in [1.82, 2.24) is 15.0 Å². The Kier molecular flexibility index (Phi) is 4.26. The van der Waals surface area contributed by atoms with Gasteiger partial charge >= 0.3 is 0 Å². The van der Waals surface area contributed by atoms with E-state index in [0.29, 0.717) is 16.8 Å². The first-order valence-corrected chi connectivity index (χ1v) is 7.75. The number of aromatic nitrogens is 3. The number of nitrogen functional groups attached to an aromatic ring is 1. The predicted octanol–water partition coefficient (Wildman–Crippen LogP) is 3.44. The summed E-state index contributed by atoms with van der Waals surface area (Å²) in [6, 6.07) is 11.7. The predicted molar refractivity (Wildman–Crippen MR) is 87.4 cm³/mol. The van der Waals surface area contributed by atoms with E-state index in [1.165, 1.54) is 18.0 Å². The summed E-state index contributed by atoms with van der Waals surface area (Å²) in [5, 5.41) is 9.23. The van der Waals surface area contributed by atoms with Gasteiger partial charge in [-0.05, 0) is 6.92 Å². The van der Waals surface area contributed by atoms with Crippen LogP contribution in [0, 0.1) is 11.3 Å². The summed E-state index contributed by atoms with van der Waals surface area (Å²) in [5.41, 5.74) is 6.94. The summed E-state index contributed by atoms with van der Waals surface area (Å²) < 4.78 is 5.81. The van der Waals surface area contributed by atoms with Gasteiger partial charge in [0.05, 0.1) is 17.6 Å². The molecule has 7 heteroatoms. The smallest absolute Gasteiger partial charge is 0.208 e. The minimum Gasteiger partial charge on any atom is -0.440 e. The molecule has 6 nitrogen and oxygen atoms in total. The van der Waals surface area contributed by atoms with E-state index in [2.05, 4.69) is 15.0 Å².